The van der Waals surface area contributed by atoms with Gasteiger partial charge in [0.1, 0.15) is 17.7 Å². The van der Waals surface area contributed by atoms with Crippen LogP contribution in [0.3, 0.4) is 0 Å². The molecule has 0 saturated carbocycles. The minimum Gasteiger partial charge on any atom is -0.493 e. The highest BCUT2D eigenvalue weighted by atomic mass is 79.9. The van der Waals surface area contributed by atoms with E-state index in [0.29, 0.717) is 33.7 Å². The lowest BCUT2D eigenvalue weighted by atomic mass is 10.1. The molecule has 0 amide bonds. The molecule has 7 heteroatoms. The standard InChI is InChI=1S/C19H14BrN3O2S/c1-24-17-8-14(6-15(10-22)19(23)26)7-16(20)18(17)25-11-13-4-2-12(9-21)3-5-13/h2-8H,11H2,1H3,(H2,23,26)/b15-6+. The Hall–Kier alpha value is -2.87. The molecule has 2 aromatic rings. The van der Waals surface area contributed by atoms with Crippen LogP contribution in [-0.2, 0) is 6.61 Å². The molecule has 2 aromatic carbocycles. The van der Waals surface area contributed by atoms with Gasteiger partial charge < -0.3 is 15.2 Å². The van der Waals surface area contributed by atoms with Crippen LogP contribution in [-0.4, -0.2) is 12.1 Å². The summed E-state index contributed by atoms with van der Waals surface area (Å²) in [5.41, 5.74) is 7.94. The second-order valence-electron chi connectivity index (χ2n) is 5.17. The Morgan fingerprint density at radius 2 is 1.96 bits per heavy atom. The third-order valence-electron chi connectivity index (χ3n) is 3.41. The van der Waals surface area contributed by atoms with Crippen LogP contribution in [0.5, 0.6) is 11.5 Å². The lowest BCUT2D eigenvalue weighted by Crippen LogP contribution is -2.09. The molecule has 0 bridgehead atoms. The Labute approximate surface area is 165 Å². The first-order chi connectivity index (χ1) is 12.5. The maximum Gasteiger partial charge on any atom is 0.175 e. The topological polar surface area (TPSA) is 92.1 Å². The van der Waals surface area contributed by atoms with Crippen molar-refractivity contribution < 1.29 is 9.47 Å². The van der Waals surface area contributed by atoms with E-state index in [9.17, 15) is 0 Å². The predicted molar refractivity (Wildman–Crippen MR) is 107 cm³/mol. The fourth-order valence-corrected chi connectivity index (χ4v) is 2.80. The van der Waals surface area contributed by atoms with Gasteiger partial charge >= 0.3 is 0 Å². The van der Waals surface area contributed by atoms with Gasteiger partial charge in [0.25, 0.3) is 0 Å². The number of nitrogens with zero attached hydrogens (tertiary/aromatic N) is 2. The number of rotatable bonds is 6. The maximum atomic E-state index is 9.08. The van der Waals surface area contributed by atoms with E-state index in [4.69, 9.17) is 37.9 Å². The van der Waals surface area contributed by atoms with Crippen LogP contribution in [0.25, 0.3) is 6.08 Å². The summed E-state index contributed by atoms with van der Waals surface area (Å²) in [7, 11) is 1.53. The highest BCUT2D eigenvalue weighted by Crippen LogP contribution is 2.37. The predicted octanol–water partition coefficient (Wildman–Crippen LogP) is 4.10. The molecule has 0 spiro atoms. The summed E-state index contributed by atoms with van der Waals surface area (Å²) in [6.45, 7) is 0.312. The van der Waals surface area contributed by atoms with E-state index in [1.165, 1.54) is 7.11 Å². The van der Waals surface area contributed by atoms with Crippen molar-refractivity contribution in [2.45, 2.75) is 6.61 Å². The average molecular weight is 428 g/mol. The number of halogens is 1. The number of hydrogen-bond donors (Lipinski definition) is 1. The monoisotopic (exact) mass is 427 g/mol. The molecule has 0 aliphatic carbocycles. The molecule has 0 aliphatic heterocycles. The summed E-state index contributed by atoms with van der Waals surface area (Å²) in [6.07, 6.45) is 1.58. The number of nitriles is 2. The molecule has 26 heavy (non-hydrogen) atoms. The van der Waals surface area contributed by atoms with E-state index < -0.39 is 0 Å². The van der Waals surface area contributed by atoms with Crippen molar-refractivity contribution in [1.82, 2.24) is 0 Å². The molecule has 0 saturated heterocycles. The van der Waals surface area contributed by atoms with Crippen molar-refractivity contribution >= 4 is 39.2 Å². The van der Waals surface area contributed by atoms with Crippen LogP contribution in [0.4, 0.5) is 0 Å². The van der Waals surface area contributed by atoms with Crippen molar-refractivity contribution in [3.8, 4) is 23.6 Å². The first-order valence-corrected chi connectivity index (χ1v) is 8.59. The fraction of sp³-hybridized carbons (Fsp3) is 0.105. The van der Waals surface area contributed by atoms with Gasteiger partial charge in [-0.3, -0.25) is 0 Å². The van der Waals surface area contributed by atoms with E-state index >= 15 is 0 Å². The third-order valence-corrected chi connectivity index (χ3v) is 4.22. The molecular weight excluding hydrogens is 414 g/mol. The summed E-state index contributed by atoms with van der Waals surface area (Å²) in [4.78, 5) is 0.0312. The Morgan fingerprint density at radius 3 is 2.50 bits per heavy atom. The summed E-state index contributed by atoms with van der Waals surface area (Å²) < 4.78 is 11.9. The molecule has 2 rings (SSSR count). The van der Waals surface area contributed by atoms with Crippen LogP contribution >= 0.6 is 28.1 Å². The number of hydrogen-bond acceptors (Lipinski definition) is 5. The van der Waals surface area contributed by atoms with Crippen LogP contribution in [0.2, 0.25) is 0 Å². The minimum absolute atomic E-state index is 0.0312. The van der Waals surface area contributed by atoms with Gasteiger partial charge in [-0.05, 0) is 57.4 Å². The van der Waals surface area contributed by atoms with Gasteiger partial charge in [-0.25, -0.2) is 0 Å². The molecule has 5 nitrogen and oxygen atoms in total. The van der Waals surface area contributed by atoms with Crippen molar-refractivity contribution in [3.63, 3.8) is 0 Å². The third kappa shape index (κ3) is 4.82. The van der Waals surface area contributed by atoms with E-state index in [1.807, 2.05) is 18.2 Å². The highest BCUT2D eigenvalue weighted by Gasteiger charge is 2.12. The number of ether oxygens (including phenoxy) is 2. The Morgan fingerprint density at radius 1 is 1.27 bits per heavy atom. The lowest BCUT2D eigenvalue weighted by Gasteiger charge is -2.14. The molecule has 0 fully saturated rings. The van der Waals surface area contributed by atoms with E-state index in [0.717, 1.165) is 5.56 Å². The van der Waals surface area contributed by atoms with Crippen molar-refractivity contribution in [2.24, 2.45) is 5.73 Å². The molecule has 0 radical (unpaired) electrons. The quantitative estimate of drug-likeness (QED) is 0.423. The summed E-state index contributed by atoms with van der Waals surface area (Å²) in [5.74, 6) is 1.03. The number of nitrogens with two attached hydrogens (primary N) is 1. The van der Waals surface area contributed by atoms with Crippen molar-refractivity contribution in [3.05, 3.63) is 63.1 Å². The largest absolute Gasteiger partial charge is 0.493 e. The second kappa shape index (κ2) is 9.00. The lowest BCUT2D eigenvalue weighted by molar-refractivity contribution is 0.282. The second-order valence-corrected chi connectivity index (χ2v) is 6.46. The van der Waals surface area contributed by atoms with Crippen molar-refractivity contribution in [1.29, 1.82) is 10.5 Å². The van der Waals surface area contributed by atoms with Gasteiger partial charge in [-0.15, -0.1) is 0 Å². The summed E-state index contributed by atoms with van der Waals surface area (Å²) in [5, 5.41) is 17.9. The smallest absolute Gasteiger partial charge is 0.175 e. The molecule has 0 atom stereocenters. The Balaban J connectivity index is 2.27. The van der Waals surface area contributed by atoms with Gasteiger partial charge in [0.15, 0.2) is 11.5 Å². The van der Waals surface area contributed by atoms with Gasteiger partial charge in [0.2, 0.25) is 0 Å². The minimum atomic E-state index is 0.0312. The van der Waals surface area contributed by atoms with Gasteiger partial charge in [0, 0.05) is 0 Å². The Bertz CT molecular complexity index is 941. The zero-order valence-electron chi connectivity index (χ0n) is 13.8. The fourth-order valence-electron chi connectivity index (χ4n) is 2.12. The first kappa shape index (κ1) is 19.5. The molecule has 0 aromatic heterocycles. The van der Waals surface area contributed by atoms with Crippen LogP contribution in [0.1, 0.15) is 16.7 Å². The molecule has 130 valence electrons. The van der Waals surface area contributed by atoms with Crippen LogP contribution in [0, 0.1) is 22.7 Å². The Kier molecular flexibility index (Phi) is 6.74. The van der Waals surface area contributed by atoms with Crippen LogP contribution in [0.15, 0.2) is 46.4 Å². The van der Waals surface area contributed by atoms with Crippen LogP contribution < -0.4 is 15.2 Å². The van der Waals surface area contributed by atoms with Gasteiger partial charge in [0.05, 0.1) is 28.8 Å². The normalized spacial score (nSPS) is 10.5. The zero-order valence-corrected chi connectivity index (χ0v) is 16.2. The van der Waals surface area contributed by atoms with Crippen molar-refractivity contribution in [2.75, 3.05) is 7.11 Å². The maximum absolute atomic E-state index is 9.08. The average Bonchev–Trinajstić information content (AvgIpc) is 2.64. The number of methoxy groups -OCH3 is 1. The van der Waals surface area contributed by atoms with E-state index in [1.54, 1.807) is 30.3 Å². The molecule has 0 unspecified atom stereocenters. The highest BCUT2D eigenvalue weighted by molar-refractivity contribution is 9.10. The summed E-state index contributed by atoms with van der Waals surface area (Å²) in [6, 6.07) is 14.7. The zero-order chi connectivity index (χ0) is 19.1. The number of benzene rings is 2. The van der Waals surface area contributed by atoms with E-state index in [-0.39, 0.29) is 10.6 Å². The SMILES string of the molecule is COc1cc(/C=C(\C#N)C(N)=S)cc(Br)c1OCc1ccc(C#N)cc1. The molecule has 0 heterocycles. The number of thiocarbonyl (C=S) groups is 1. The molecule has 0 aliphatic rings. The van der Waals surface area contributed by atoms with E-state index in [2.05, 4.69) is 22.0 Å². The van der Waals surface area contributed by atoms with Gasteiger partial charge in [-0.2, -0.15) is 10.5 Å². The molecular formula is C19H14BrN3O2S. The molecule has 2 N–H and O–H groups in total. The first-order valence-electron chi connectivity index (χ1n) is 7.39. The summed E-state index contributed by atoms with van der Waals surface area (Å²) >= 11 is 8.31. The van der Waals surface area contributed by atoms with Gasteiger partial charge in [-0.1, -0.05) is 24.4 Å².